The Kier molecular flexibility index (Phi) is 7.04. The standard InChI is InChI=1S/C4H12N.HO2P/c1-5(2,3)4;1-3-2/h1-4H3;3H/q+1;/p+1. The minimum absolute atomic E-state index is 1.00. The van der Waals surface area contributed by atoms with Gasteiger partial charge in [-0.25, -0.2) is 0 Å². The van der Waals surface area contributed by atoms with Crippen LogP contribution in [0.1, 0.15) is 0 Å². The number of hydrogen-bond donors (Lipinski definition) is 1. The maximum absolute atomic E-state index is 8.51. The van der Waals surface area contributed by atoms with E-state index in [4.69, 9.17) is 9.46 Å². The normalized spacial score (nSPS) is 10.1. The summed E-state index contributed by atoms with van der Waals surface area (Å²) in [6.45, 7) is 0. The molecular formula is C4H14NO2P+2. The summed E-state index contributed by atoms with van der Waals surface area (Å²) < 4.78 is 9.51. The van der Waals surface area contributed by atoms with Crippen LogP contribution in [0.25, 0.3) is 0 Å². The summed E-state index contributed by atoms with van der Waals surface area (Å²) in [5.74, 6) is 0. The number of hydrogen-bond acceptors (Lipinski definition) is 1. The SMILES string of the molecule is C[N+](C)(C)C.O=[PH+]O. The lowest BCUT2D eigenvalue weighted by Crippen LogP contribution is -2.27. The first-order chi connectivity index (χ1) is 3.41. The zero-order valence-electron chi connectivity index (χ0n) is 5.80. The molecule has 1 N–H and O–H groups in total. The van der Waals surface area contributed by atoms with Gasteiger partial charge in [0.15, 0.2) is 0 Å². The third kappa shape index (κ3) is 379000. The molecule has 8 heavy (non-hydrogen) atoms. The summed E-state index contributed by atoms with van der Waals surface area (Å²) in [5, 5.41) is 0. The van der Waals surface area contributed by atoms with E-state index in [2.05, 4.69) is 28.2 Å². The average Bonchev–Trinajstić information content (AvgIpc) is 1.27. The van der Waals surface area contributed by atoms with Crippen molar-refractivity contribution in [1.82, 2.24) is 0 Å². The molecule has 0 aliphatic rings. The Morgan fingerprint density at radius 3 is 1.25 bits per heavy atom. The van der Waals surface area contributed by atoms with Crippen LogP contribution in [0.5, 0.6) is 0 Å². The van der Waals surface area contributed by atoms with E-state index in [0.29, 0.717) is 0 Å². The number of nitrogens with zero attached hydrogens (tertiary/aromatic N) is 1. The van der Waals surface area contributed by atoms with Crippen LogP contribution in [-0.2, 0) is 4.57 Å². The van der Waals surface area contributed by atoms with Crippen molar-refractivity contribution in [3.63, 3.8) is 0 Å². The molecule has 0 bridgehead atoms. The zero-order chi connectivity index (χ0) is 7.21. The maximum Gasteiger partial charge on any atom is 0.491 e. The summed E-state index contributed by atoms with van der Waals surface area (Å²) in [6, 6.07) is 0. The first kappa shape index (κ1) is 10.9. The second-order valence-electron chi connectivity index (χ2n) is 2.77. The molecule has 50 valence electrons. The third-order valence-corrected chi connectivity index (χ3v) is 0. The molecule has 0 saturated carbocycles. The monoisotopic (exact) mass is 139 g/mol. The van der Waals surface area contributed by atoms with Crippen LogP contribution in [-0.4, -0.2) is 37.6 Å². The second kappa shape index (κ2) is 5.16. The quantitative estimate of drug-likeness (QED) is 0.385. The van der Waals surface area contributed by atoms with E-state index in [9.17, 15) is 0 Å². The van der Waals surface area contributed by atoms with E-state index in [1.54, 1.807) is 0 Å². The molecule has 0 aromatic heterocycles. The summed E-state index contributed by atoms with van der Waals surface area (Å²) in [7, 11) is 7.33. The van der Waals surface area contributed by atoms with Crippen LogP contribution in [0.15, 0.2) is 0 Å². The fourth-order valence-corrected chi connectivity index (χ4v) is 0. The van der Waals surface area contributed by atoms with E-state index in [0.717, 1.165) is 4.48 Å². The molecule has 0 fully saturated rings. The van der Waals surface area contributed by atoms with E-state index < -0.39 is 8.69 Å². The highest BCUT2D eigenvalue weighted by molar-refractivity contribution is 7.16. The highest BCUT2D eigenvalue weighted by Gasteiger charge is 1.88. The van der Waals surface area contributed by atoms with Gasteiger partial charge in [0.2, 0.25) is 0 Å². The van der Waals surface area contributed by atoms with Crippen LogP contribution >= 0.6 is 8.69 Å². The van der Waals surface area contributed by atoms with Crippen molar-refractivity contribution in [2.45, 2.75) is 0 Å². The van der Waals surface area contributed by atoms with Gasteiger partial charge in [-0.1, -0.05) is 0 Å². The predicted molar refractivity (Wildman–Crippen MR) is 35.2 cm³/mol. The fraction of sp³-hybridized carbons (Fsp3) is 1.00. The molecule has 0 aromatic rings. The molecule has 0 spiro atoms. The molecule has 0 amide bonds. The Bertz CT molecular complexity index is 53.5. The fourth-order valence-electron chi connectivity index (χ4n) is 0. The Hall–Kier alpha value is 0.0200. The highest BCUT2D eigenvalue weighted by atomic mass is 31.1. The molecule has 0 saturated heterocycles. The Balaban J connectivity index is 0. The predicted octanol–water partition coefficient (Wildman–Crippen LogP) is 0.240. The summed E-state index contributed by atoms with van der Waals surface area (Å²) in [6.07, 6.45) is 0. The van der Waals surface area contributed by atoms with Crippen LogP contribution in [0.3, 0.4) is 0 Å². The molecule has 1 atom stereocenters. The molecule has 1 unspecified atom stereocenters. The Labute approximate surface area is 51.8 Å². The van der Waals surface area contributed by atoms with Gasteiger partial charge in [0.25, 0.3) is 0 Å². The molecule has 0 aliphatic carbocycles. The van der Waals surface area contributed by atoms with Gasteiger partial charge in [-0.05, 0) is 4.57 Å². The van der Waals surface area contributed by atoms with Crippen LogP contribution in [0.4, 0.5) is 0 Å². The first-order valence-corrected chi connectivity index (χ1v) is 3.07. The minimum Gasteiger partial charge on any atom is -0.333 e. The lowest BCUT2D eigenvalue weighted by atomic mass is 10.8. The third-order valence-electron chi connectivity index (χ3n) is 0. The average molecular weight is 139 g/mol. The topological polar surface area (TPSA) is 37.3 Å². The number of rotatable bonds is 0. The Morgan fingerprint density at radius 2 is 1.25 bits per heavy atom. The van der Waals surface area contributed by atoms with Gasteiger partial charge >= 0.3 is 8.69 Å². The smallest absolute Gasteiger partial charge is 0.333 e. The molecule has 0 rings (SSSR count). The molecule has 4 heteroatoms. The number of quaternary nitrogens is 1. The molecular weight excluding hydrogens is 125 g/mol. The first-order valence-electron chi connectivity index (χ1n) is 2.22. The van der Waals surface area contributed by atoms with Crippen molar-refractivity contribution >= 4 is 8.69 Å². The molecule has 0 heterocycles. The van der Waals surface area contributed by atoms with Gasteiger partial charge in [-0.2, -0.15) is 4.89 Å². The van der Waals surface area contributed by atoms with Crippen LogP contribution in [0, 0.1) is 0 Å². The molecule has 0 aromatic carbocycles. The van der Waals surface area contributed by atoms with Crippen molar-refractivity contribution in [3.05, 3.63) is 0 Å². The molecule has 3 nitrogen and oxygen atoms in total. The lowest BCUT2D eigenvalue weighted by molar-refractivity contribution is -0.849. The molecule has 0 radical (unpaired) electrons. The van der Waals surface area contributed by atoms with Gasteiger partial charge in [0.1, 0.15) is 0 Å². The van der Waals surface area contributed by atoms with Crippen molar-refractivity contribution in [2.75, 3.05) is 28.2 Å². The van der Waals surface area contributed by atoms with Crippen LogP contribution in [0.2, 0.25) is 0 Å². The second-order valence-corrected chi connectivity index (χ2v) is 2.96. The maximum atomic E-state index is 8.51. The minimum atomic E-state index is -1.17. The molecule has 0 aliphatic heterocycles. The van der Waals surface area contributed by atoms with E-state index in [-0.39, 0.29) is 0 Å². The van der Waals surface area contributed by atoms with Crippen molar-refractivity contribution in [2.24, 2.45) is 0 Å². The highest BCUT2D eigenvalue weighted by Crippen LogP contribution is 1.73. The van der Waals surface area contributed by atoms with E-state index >= 15 is 0 Å². The van der Waals surface area contributed by atoms with Gasteiger partial charge in [0, 0.05) is 0 Å². The largest absolute Gasteiger partial charge is 0.491 e. The summed E-state index contributed by atoms with van der Waals surface area (Å²) >= 11 is 0. The Morgan fingerprint density at radius 1 is 1.25 bits per heavy atom. The lowest BCUT2D eigenvalue weighted by Gasteiger charge is -2.14. The zero-order valence-corrected chi connectivity index (χ0v) is 6.80. The van der Waals surface area contributed by atoms with E-state index in [1.165, 1.54) is 0 Å². The summed E-state index contributed by atoms with van der Waals surface area (Å²) in [5.41, 5.74) is 0. The van der Waals surface area contributed by atoms with Crippen molar-refractivity contribution in [1.29, 1.82) is 0 Å². The van der Waals surface area contributed by atoms with Crippen molar-refractivity contribution < 1.29 is 13.9 Å². The summed E-state index contributed by atoms with van der Waals surface area (Å²) in [4.78, 5) is 7.04. The van der Waals surface area contributed by atoms with Gasteiger partial charge < -0.3 is 4.48 Å². The van der Waals surface area contributed by atoms with Crippen LogP contribution < -0.4 is 0 Å². The van der Waals surface area contributed by atoms with Crippen molar-refractivity contribution in [3.8, 4) is 0 Å². The van der Waals surface area contributed by atoms with Gasteiger partial charge in [-0.3, -0.25) is 0 Å². The van der Waals surface area contributed by atoms with Gasteiger partial charge in [0.05, 0.1) is 28.2 Å². The van der Waals surface area contributed by atoms with Gasteiger partial charge in [-0.15, -0.1) is 0 Å². The van der Waals surface area contributed by atoms with E-state index in [1.807, 2.05) is 0 Å².